The summed E-state index contributed by atoms with van der Waals surface area (Å²) in [5.74, 6) is 0.258. The van der Waals surface area contributed by atoms with Crippen molar-refractivity contribution >= 4 is 5.91 Å². The molecule has 0 aromatic rings. The van der Waals surface area contributed by atoms with Gasteiger partial charge in [-0.3, -0.25) is 9.69 Å². The normalized spacial score (nSPS) is 37.2. The van der Waals surface area contributed by atoms with Crippen LogP contribution in [0.5, 0.6) is 0 Å². The van der Waals surface area contributed by atoms with Gasteiger partial charge in [-0.1, -0.05) is 0 Å². The Bertz CT molecular complexity index is 205. The summed E-state index contributed by atoms with van der Waals surface area (Å²) in [6.07, 6.45) is 4.41. The monoisotopic (exact) mass is 168 g/mol. The van der Waals surface area contributed by atoms with E-state index in [1.807, 2.05) is 0 Å². The molecule has 0 aromatic carbocycles. The first-order valence-corrected chi connectivity index (χ1v) is 4.75. The van der Waals surface area contributed by atoms with Crippen molar-refractivity contribution in [2.45, 2.75) is 31.2 Å². The van der Waals surface area contributed by atoms with E-state index in [0.29, 0.717) is 0 Å². The molecule has 1 N–H and O–H groups in total. The first-order chi connectivity index (χ1) is 5.76. The highest BCUT2D eigenvalue weighted by molar-refractivity contribution is 5.87. The Morgan fingerprint density at radius 1 is 1.42 bits per heavy atom. The summed E-state index contributed by atoms with van der Waals surface area (Å²) in [6, 6.07) is 0. The fourth-order valence-corrected chi connectivity index (χ4v) is 2.48. The lowest BCUT2D eigenvalue weighted by molar-refractivity contribution is -0.133. The second kappa shape index (κ2) is 2.73. The fourth-order valence-electron chi connectivity index (χ4n) is 2.48. The van der Waals surface area contributed by atoms with Crippen LogP contribution in [-0.2, 0) is 4.79 Å². The Labute approximate surface area is 73.1 Å². The van der Waals surface area contributed by atoms with Crippen molar-refractivity contribution in [1.29, 1.82) is 0 Å². The van der Waals surface area contributed by atoms with Gasteiger partial charge >= 0.3 is 0 Å². The van der Waals surface area contributed by atoms with Crippen molar-refractivity contribution in [3.63, 3.8) is 0 Å². The second-order valence-corrected chi connectivity index (χ2v) is 3.92. The van der Waals surface area contributed by atoms with Crippen molar-refractivity contribution in [2.24, 2.45) is 0 Å². The van der Waals surface area contributed by atoms with Gasteiger partial charge in [0.05, 0.1) is 0 Å². The van der Waals surface area contributed by atoms with Crippen LogP contribution in [0, 0.1) is 0 Å². The third-order valence-electron chi connectivity index (χ3n) is 3.29. The van der Waals surface area contributed by atoms with E-state index in [2.05, 4.69) is 17.3 Å². The second-order valence-electron chi connectivity index (χ2n) is 3.92. The van der Waals surface area contributed by atoms with Crippen molar-refractivity contribution in [3.05, 3.63) is 0 Å². The maximum atomic E-state index is 11.7. The molecule has 2 aliphatic rings. The van der Waals surface area contributed by atoms with Crippen LogP contribution in [0.25, 0.3) is 0 Å². The van der Waals surface area contributed by atoms with E-state index in [0.717, 1.165) is 32.4 Å². The summed E-state index contributed by atoms with van der Waals surface area (Å²) in [5.41, 5.74) is -0.127. The lowest BCUT2D eigenvalue weighted by Crippen LogP contribution is -2.57. The first-order valence-electron chi connectivity index (χ1n) is 4.75. The van der Waals surface area contributed by atoms with Gasteiger partial charge in [-0.2, -0.15) is 0 Å². The number of hydrogen-bond acceptors (Lipinski definition) is 2. The molecule has 1 atom stereocenters. The number of likely N-dealkylation sites (N-methyl/N-ethyl adjacent to an activating group) is 1. The molecule has 0 aliphatic carbocycles. The number of piperidine rings is 1. The number of nitrogens with zero attached hydrogens (tertiary/aromatic N) is 1. The summed E-state index contributed by atoms with van der Waals surface area (Å²) < 4.78 is 0. The van der Waals surface area contributed by atoms with Crippen LogP contribution < -0.4 is 5.32 Å². The zero-order valence-corrected chi connectivity index (χ0v) is 7.60. The predicted molar refractivity (Wildman–Crippen MR) is 46.8 cm³/mol. The van der Waals surface area contributed by atoms with Gasteiger partial charge in [-0.05, 0) is 39.3 Å². The van der Waals surface area contributed by atoms with Gasteiger partial charge < -0.3 is 5.32 Å². The third kappa shape index (κ3) is 0.959. The van der Waals surface area contributed by atoms with Gasteiger partial charge in [0.15, 0.2) is 0 Å². The predicted octanol–water partition coefficient (Wildman–Crippen LogP) is 0.361. The minimum Gasteiger partial charge on any atom is -0.354 e. The smallest absolute Gasteiger partial charge is 0.240 e. The maximum Gasteiger partial charge on any atom is 0.240 e. The quantitative estimate of drug-likeness (QED) is 0.566. The largest absolute Gasteiger partial charge is 0.354 e. The van der Waals surface area contributed by atoms with Crippen molar-refractivity contribution in [1.82, 2.24) is 10.2 Å². The van der Waals surface area contributed by atoms with Crippen LogP contribution in [0.15, 0.2) is 0 Å². The standard InChI is InChI=1S/C9H16N2O/c1-11-7-3-5-9(11)4-2-6-10-8(9)12/h2-7H2,1H3,(H,10,12)/t9-/m1/s1. The number of nitrogens with one attached hydrogen (secondary N) is 1. The molecular formula is C9H16N2O. The molecule has 3 nitrogen and oxygen atoms in total. The number of hydrogen-bond donors (Lipinski definition) is 1. The van der Waals surface area contributed by atoms with Crippen LogP contribution in [0.4, 0.5) is 0 Å². The number of amides is 1. The summed E-state index contributed by atoms with van der Waals surface area (Å²) in [5, 5.41) is 2.96. The van der Waals surface area contributed by atoms with Gasteiger partial charge in [0, 0.05) is 6.54 Å². The first kappa shape index (κ1) is 8.05. The summed E-state index contributed by atoms with van der Waals surface area (Å²) in [6.45, 7) is 1.95. The molecule has 0 unspecified atom stereocenters. The van der Waals surface area contributed by atoms with Crippen molar-refractivity contribution < 1.29 is 4.79 Å². The van der Waals surface area contributed by atoms with Gasteiger partial charge in [-0.25, -0.2) is 0 Å². The van der Waals surface area contributed by atoms with E-state index < -0.39 is 0 Å². The molecule has 1 spiro atoms. The van der Waals surface area contributed by atoms with Crippen molar-refractivity contribution in [3.8, 4) is 0 Å². The SMILES string of the molecule is CN1CCC[C@@]12CCCNC2=O. The molecule has 0 saturated carbocycles. The fraction of sp³-hybridized carbons (Fsp3) is 0.889. The molecule has 0 aromatic heterocycles. The number of carbonyl (C=O) groups is 1. The molecule has 2 rings (SSSR count). The zero-order chi connectivity index (χ0) is 8.60. The molecule has 12 heavy (non-hydrogen) atoms. The number of rotatable bonds is 0. The number of carbonyl (C=O) groups excluding carboxylic acids is 1. The maximum absolute atomic E-state index is 11.7. The van der Waals surface area contributed by atoms with Gasteiger partial charge in [-0.15, -0.1) is 0 Å². The van der Waals surface area contributed by atoms with Crippen LogP contribution in [0.3, 0.4) is 0 Å². The highest BCUT2D eigenvalue weighted by Gasteiger charge is 2.46. The van der Waals surface area contributed by atoms with Crippen LogP contribution in [0.1, 0.15) is 25.7 Å². The van der Waals surface area contributed by atoms with E-state index in [4.69, 9.17) is 0 Å². The minimum absolute atomic E-state index is 0.127. The number of likely N-dealkylation sites (tertiary alicyclic amines) is 1. The van der Waals surface area contributed by atoms with Crippen LogP contribution >= 0.6 is 0 Å². The third-order valence-corrected chi connectivity index (χ3v) is 3.29. The lowest BCUT2D eigenvalue weighted by Gasteiger charge is -2.37. The molecule has 0 radical (unpaired) electrons. The topological polar surface area (TPSA) is 32.3 Å². The Kier molecular flexibility index (Phi) is 1.83. The average molecular weight is 168 g/mol. The molecule has 0 bridgehead atoms. The van der Waals surface area contributed by atoms with Gasteiger partial charge in [0.2, 0.25) is 5.91 Å². The van der Waals surface area contributed by atoms with Crippen LogP contribution in [0.2, 0.25) is 0 Å². The molecule has 2 fully saturated rings. The Balaban J connectivity index is 2.21. The highest BCUT2D eigenvalue weighted by atomic mass is 16.2. The molecule has 1 amide bonds. The lowest BCUT2D eigenvalue weighted by atomic mass is 9.87. The van der Waals surface area contributed by atoms with E-state index in [9.17, 15) is 4.79 Å². The molecule has 2 heterocycles. The molecular weight excluding hydrogens is 152 g/mol. The highest BCUT2D eigenvalue weighted by Crippen LogP contribution is 2.33. The summed E-state index contributed by atoms with van der Waals surface area (Å²) >= 11 is 0. The molecule has 68 valence electrons. The Morgan fingerprint density at radius 3 is 2.75 bits per heavy atom. The van der Waals surface area contributed by atoms with E-state index in [1.54, 1.807) is 0 Å². The van der Waals surface area contributed by atoms with Crippen LogP contribution in [-0.4, -0.2) is 36.5 Å². The molecule has 3 heteroatoms. The van der Waals surface area contributed by atoms with Crippen molar-refractivity contribution in [2.75, 3.05) is 20.1 Å². The molecule has 2 aliphatic heterocycles. The van der Waals surface area contributed by atoms with E-state index in [1.165, 1.54) is 6.42 Å². The van der Waals surface area contributed by atoms with E-state index >= 15 is 0 Å². The van der Waals surface area contributed by atoms with Gasteiger partial charge in [0.25, 0.3) is 0 Å². The zero-order valence-electron chi connectivity index (χ0n) is 7.60. The summed E-state index contributed by atoms with van der Waals surface area (Å²) in [7, 11) is 2.07. The van der Waals surface area contributed by atoms with Gasteiger partial charge in [0.1, 0.15) is 5.54 Å². The Morgan fingerprint density at radius 2 is 2.17 bits per heavy atom. The summed E-state index contributed by atoms with van der Waals surface area (Å²) in [4.78, 5) is 13.9. The minimum atomic E-state index is -0.127. The van der Waals surface area contributed by atoms with E-state index in [-0.39, 0.29) is 11.4 Å². The Hall–Kier alpha value is -0.570. The molecule has 2 saturated heterocycles. The average Bonchev–Trinajstić information content (AvgIpc) is 2.41.